The fraction of sp³-hybridized carbons (Fsp3) is 0.364. The molecule has 27 heavy (non-hydrogen) atoms. The maximum atomic E-state index is 12.9. The molecule has 4 rings (SSSR count). The second kappa shape index (κ2) is 6.82. The van der Waals surface area contributed by atoms with E-state index in [9.17, 15) is 14.7 Å². The fourth-order valence-electron chi connectivity index (χ4n) is 4.53. The summed E-state index contributed by atoms with van der Waals surface area (Å²) in [4.78, 5) is 24.8. The maximum absolute atomic E-state index is 12.9. The number of hydrogen-bond acceptors (Lipinski definition) is 4. The fourth-order valence-corrected chi connectivity index (χ4v) is 4.53. The van der Waals surface area contributed by atoms with E-state index in [1.165, 1.54) is 0 Å². The molecule has 2 aromatic rings. The molecule has 2 unspecified atom stereocenters. The van der Waals surface area contributed by atoms with Crippen molar-refractivity contribution in [3.63, 3.8) is 0 Å². The number of fused-ring (bicyclic) bond motifs is 3. The van der Waals surface area contributed by atoms with Crippen LogP contribution < -0.4 is 5.73 Å². The normalized spacial score (nSPS) is 24.1. The van der Waals surface area contributed by atoms with Crippen LogP contribution in [0, 0.1) is 5.41 Å². The highest BCUT2D eigenvalue weighted by atomic mass is 16.5. The van der Waals surface area contributed by atoms with Gasteiger partial charge in [-0.1, -0.05) is 61.4 Å². The molecule has 0 aromatic heterocycles. The van der Waals surface area contributed by atoms with Crippen LogP contribution in [0.2, 0.25) is 0 Å². The molecular formula is C22H23NO4. The predicted molar refractivity (Wildman–Crippen MR) is 101 cm³/mol. The van der Waals surface area contributed by atoms with Crippen LogP contribution in [0.4, 0.5) is 0 Å². The molecule has 2 aromatic carbocycles. The molecule has 5 heteroatoms. The van der Waals surface area contributed by atoms with Crippen molar-refractivity contribution in [2.75, 3.05) is 6.61 Å². The third kappa shape index (κ3) is 2.73. The van der Waals surface area contributed by atoms with Gasteiger partial charge < -0.3 is 15.6 Å². The zero-order chi connectivity index (χ0) is 19.0. The van der Waals surface area contributed by atoms with Crippen molar-refractivity contribution in [2.24, 2.45) is 11.1 Å². The Kier molecular flexibility index (Phi) is 4.48. The highest BCUT2D eigenvalue weighted by Crippen LogP contribution is 2.45. The zero-order valence-electron chi connectivity index (χ0n) is 15.1. The number of benzene rings is 2. The lowest BCUT2D eigenvalue weighted by atomic mass is 9.70. The van der Waals surface area contributed by atoms with Gasteiger partial charge in [-0.25, -0.2) is 0 Å². The Labute approximate surface area is 158 Å². The first-order valence-corrected chi connectivity index (χ1v) is 9.40. The van der Waals surface area contributed by atoms with Crippen LogP contribution in [0.1, 0.15) is 42.7 Å². The Morgan fingerprint density at radius 3 is 2.19 bits per heavy atom. The van der Waals surface area contributed by atoms with Gasteiger partial charge in [0.25, 0.3) is 0 Å². The van der Waals surface area contributed by atoms with Gasteiger partial charge in [-0.05, 0) is 35.1 Å². The van der Waals surface area contributed by atoms with E-state index >= 15 is 0 Å². The minimum Gasteiger partial charge on any atom is -0.480 e. The summed E-state index contributed by atoms with van der Waals surface area (Å²) in [5, 5.41) is 9.76. The van der Waals surface area contributed by atoms with Crippen LogP contribution in [0.3, 0.4) is 0 Å². The first kappa shape index (κ1) is 17.7. The van der Waals surface area contributed by atoms with Crippen molar-refractivity contribution >= 4 is 11.9 Å². The molecular weight excluding hydrogens is 342 g/mol. The van der Waals surface area contributed by atoms with Gasteiger partial charge in [0.05, 0.1) is 0 Å². The number of nitrogens with two attached hydrogens (primary N) is 1. The second-order valence-electron chi connectivity index (χ2n) is 7.45. The Hall–Kier alpha value is -2.66. The average Bonchev–Trinajstić information content (AvgIpc) is 3.00. The van der Waals surface area contributed by atoms with E-state index in [1.807, 2.05) is 36.4 Å². The van der Waals surface area contributed by atoms with Gasteiger partial charge in [0.1, 0.15) is 6.61 Å². The smallest absolute Gasteiger partial charge is 0.325 e. The largest absolute Gasteiger partial charge is 0.480 e. The molecule has 0 radical (unpaired) electrons. The van der Waals surface area contributed by atoms with Gasteiger partial charge in [0.15, 0.2) is 5.41 Å². The molecule has 140 valence electrons. The minimum absolute atomic E-state index is 0.0907. The molecule has 0 bridgehead atoms. The molecule has 0 aliphatic heterocycles. The first-order valence-electron chi connectivity index (χ1n) is 9.40. The van der Waals surface area contributed by atoms with Crippen molar-refractivity contribution in [3.8, 4) is 11.1 Å². The summed E-state index contributed by atoms with van der Waals surface area (Å²) in [7, 11) is 0. The highest BCUT2D eigenvalue weighted by Gasteiger charge is 2.53. The van der Waals surface area contributed by atoms with Gasteiger partial charge in [-0.3, -0.25) is 9.59 Å². The predicted octanol–water partition coefficient (Wildman–Crippen LogP) is 3.31. The molecule has 2 aliphatic carbocycles. The quantitative estimate of drug-likeness (QED) is 0.641. The molecule has 0 amide bonds. The van der Waals surface area contributed by atoms with Crippen LogP contribution in [0.15, 0.2) is 48.5 Å². The summed E-state index contributed by atoms with van der Waals surface area (Å²) in [6.07, 6.45) is 2.27. The van der Waals surface area contributed by atoms with E-state index in [0.29, 0.717) is 12.8 Å². The number of esters is 1. The molecule has 0 spiro atoms. The maximum Gasteiger partial charge on any atom is 0.325 e. The third-order valence-electron chi connectivity index (χ3n) is 6.06. The lowest BCUT2D eigenvalue weighted by molar-refractivity contribution is -0.173. The second-order valence-corrected chi connectivity index (χ2v) is 7.45. The number of aliphatic carboxylic acids is 1. The molecule has 2 atom stereocenters. The summed E-state index contributed by atoms with van der Waals surface area (Å²) in [5.74, 6) is -1.97. The van der Waals surface area contributed by atoms with Crippen molar-refractivity contribution in [3.05, 3.63) is 59.7 Å². The molecule has 5 nitrogen and oxygen atoms in total. The number of carboxylic acids is 1. The number of hydrogen-bond donors (Lipinski definition) is 2. The van der Waals surface area contributed by atoms with Gasteiger partial charge >= 0.3 is 11.9 Å². The standard InChI is InChI=1S/C22H23NO4/c23-19-11-5-6-12-22(19,20(24)25)21(26)27-13-18-16-9-3-1-7-14(16)15-8-2-4-10-17(15)18/h1-4,7-10,18-19H,5-6,11-13,23H2,(H,24,25). The van der Waals surface area contributed by atoms with E-state index in [0.717, 1.165) is 28.7 Å². The monoisotopic (exact) mass is 365 g/mol. The van der Waals surface area contributed by atoms with Gasteiger partial charge in [-0.15, -0.1) is 0 Å². The van der Waals surface area contributed by atoms with Crippen LogP contribution in [0.5, 0.6) is 0 Å². The summed E-state index contributed by atoms with van der Waals surface area (Å²) in [6, 6.07) is 15.4. The van der Waals surface area contributed by atoms with Crippen LogP contribution in [-0.2, 0) is 14.3 Å². The average molecular weight is 365 g/mol. The molecule has 1 saturated carbocycles. The molecule has 0 heterocycles. The lowest BCUT2D eigenvalue weighted by Crippen LogP contribution is -2.55. The van der Waals surface area contributed by atoms with Crippen molar-refractivity contribution in [1.82, 2.24) is 0 Å². The first-order chi connectivity index (χ1) is 13.1. The molecule has 1 fully saturated rings. The van der Waals surface area contributed by atoms with Gasteiger partial charge in [0.2, 0.25) is 0 Å². The van der Waals surface area contributed by atoms with Gasteiger partial charge in [-0.2, -0.15) is 0 Å². The highest BCUT2D eigenvalue weighted by molar-refractivity contribution is 6.00. The van der Waals surface area contributed by atoms with E-state index in [2.05, 4.69) is 12.1 Å². The SMILES string of the molecule is NC1CCCCC1(C(=O)O)C(=O)OCC1c2ccccc2-c2ccccc21. The van der Waals surface area contributed by atoms with Crippen molar-refractivity contribution in [1.29, 1.82) is 0 Å². The van der Waals surface area contributed by atoms with Gasteiger partial charge in [0, 0.05) is 12.0 Å². The van der Waals surface area contributed by atoms with Crippen molar-refractivity contribution in [2.45, 2.75) is 37.6 Å². The summed E-state index contributed by atoms with van der Waals surface area (Å²) in [5.41, 5.74) is 8.91. The summed E-state index contributed by atoms with van der Waals surface area (Å²) < 4.78 is 5.61. The Morgan fingerprint density at radius 1 is 1.04 bits per heavy atom. The van der Waals surface area contributed by atoms with E-state index in [1.54, 1.807) is 0 Å². The molecule has 3 N–H and O–H groups in total. The zero-order valence-corrected chi connectivity index (χ0v) is 15.1. The van der Waals surface area contributed by atoms with Crippen LogP contribution in [0.25, 0.3) is 11.1 Å². The molecule has 0 saturated heterocycles. The van der Waals surface area contributed by atoms with Crippen LogP contribution >= 0.6 is 0 Å². The summed E-state index contributed by atoms with van der Waals surface area (Å²) >= 11 is 0. The number of carboxylic acid groups (broad SMARTS) is 1. The third-order valence-corrected chi connectivity index (χ3v) is 6.06. The Balaban J connectivity index is 1.60. The number of carbonyl (C=O) groups excluding carboxylic acids is 1. The Bertz CT molecular complexity index is 848. The van der Waals surface area contributed by atoms with Crippen LogP contribution in [-0.4, -0.2) is 29.7 Å². The number of carbonyl (C=O) groups is 2. The lowest BCUT2D eigenvalue weighted by Gasteiger charge is -2.36. The van der Waals surface area contributed by atoms with E-state index in [4.69, 9.17) is 10.5 Å². The topological polar surface area (TPSA) is 89.6 Å². The summed E-state index contributed by atoms with van der Waals surface area (Å²) in [6.45, 7) is 0.120. The van der Waals surface area contributed by atoms with E-state index < -0.39 is 23.4 Å². The minimum atomic E-state index is -1.63. The van der Waals surface area contributed by atoms with E-state index in [-0.39, 0.29) is 18.9 Å². The molecule has 2 aliphatic rings. The Morgan fingerprint density at radius 2 is 1.63 bits per heavy atom. The number of rotatable bonds is 4. The number of ether oxygens (including phenoxy) is 1. The van der Waals surface area contributed by atoms with Crippen molar-refractivity contribution < 1.29 is 19.4 Å².